The van der Waals surface area contributed by atoms with Gasteiger partial charge in [-0.25, -0.2) is 4.79 Å². The standard InChI is InChI=1S/C14H10Cl2O4/c1-19-10-4-9(16)5-11(7-10)20-13-3-2-8(15)6-12(13)14(17)18/h2-7H,1H3,(H,17,18). The van der Waals surface area contributed by atoms with Crippen LogP contribution in [0.2, 0.25) is 10.0 Å². The highest BCUT2D eigenvalue weighted by Crippen LogP contribution is 2.32. The Labute approximate surface area is 125 Å². The number of benzene rings is 2. The third-order valence-electron chi connectivity index (χ3n) is 2.48. The summed E-state index contributed by atoms with van der Waals surface area (Å²) in [6.07, 6.45) is 0. The van der Waals surface area contributed by atoms with Gasteiger partial charge in [-0.1, -0.05) is 23.2 Å². The third-order valence-corrected chi connectivity index (χ3v) is 2.93. The van der Waals surface area contributed by atoms with E-state index in [1.807, 2.05) is 0 Å². The zero-order valence-corrected chi connectivity index (χ0v) is 11.9. The Morgan fingerprint density at radius 2 is 1.75 bits per heavy atom. The van der Waals surface area contributed by atoms with Crippen LogP contribution in [0.3, 0.4) is 0 Å². The van der Waals surface area contributed by atoms with Crippen LogP contribution < -0.4 is 9.47 Å². The summed E-state index contributed by atoms with van der Waals surface area (Å²) in [6, 6.07) is 9.14. The number of ether oxygens (including phenoxy) is 2. The minimum Gasteiger partial charge on any atom is -0.497 e. The summed E-state index contributed by atoms with van der Waals surface area (Å²) < 4.78 is 10.6. The molecule has 0 atom stereocenters. The Hall–Kier alpha value is -1.91. The molecule has 6 heteroatoms. The van der Waals surface area contributed by atoms with E-state index in [0.29, 0.717) is 21.5 Å². The van der Waals surface area contributed by atoms with Crippen molar-refractivity contribution in [3.63, 3.8) is 0 Å². The van der Waals surface area contributed by atoms with Gasteiger partial charge in [0.05, 0.1) is 7.11 Å². The van der Waals surface area contributed by atoms with Gasteiger partial charge in [-0.2, -0.15) is 0 Å². The first-order valence-corrected chi connectivity index (χ1v) is 6.30. The van der Waals surface area contributed by atoms with Crippen molar-refractivity contribution in [2.45, 2.75) is 0 Å². The third kappa shape index (κ3) is 3.35. The fourth-order valence-corrected chi connectivity index (χ4v) is 1.99. The van der Waals surface area contributed by atoms with Gasteiger partial charge in [-0.05, 0) is 30.3 Å². The maximum Gasteiger partial charge on any atom is 0.339 e. The predicted octanol–water partition coefficient (Wildman–Crippen LogP) is 4.49. The van der Waals surface area contributed by atoms with Crippen molar-refractivity contribution in [2.24, 2.45) is 0 Å². The molecule has 2 aromatic rings. The lowest BCUT2D eigenvalue weighted by atomic mass is 10.2. The van der Waals surface area contributed by atoms with Gasteiger partial charge in [-0.15, -0.1) is 0 Å². The van der Waals surface area contributed by atoms with E-state index in [1.54, 1.807) is 24.3 Å². The van der Waals surface area contributed by atoms with Crippen molar-refractivity contribution in [1.29, 1.82) is 0 Å². The second-order valence-corrected chi connectivity index (χ2v) is 4.75. The van der Waals surface area contributed by atoms with Crippen LogP contribution >= 0.6 is 23.2 Å². The molecule has 0 spiro atoms. The second kappa shape index (κ2) is 6.03. The smallest absolute Gasteiger partial charge is 0.339 e. The molecule has 0 amide bonds. The summed E-state index contributed by atoms with van der Waals surface area (Å²) in [5, 5.41) is 9.87. The molecular formula is C14H10Cl2O4. The van der Waals surface area contributed by atoms with Gasteiger partial charge in [0.2, 0.25) is 0 Å². The predicted molar refractivity (Wildman–Crippen MR) is 76.5 cm³/mol. The molecular weight excluding hydrogens is 303 g/mol. The molecule has 0 saturated heterocycles. The lowest BCUT2D eigenvalue weighted by Gasteiger charge is -2.10. The van der Waals surface area contributed by atoms with Gasteiger partial charge in [0.1, 0.15) is 22.8 Å². The zero-order valence-electron chi connectivity index (χ0n) is 10.4. The molecule has 0 aliphatic heterocycles. The first-order valence-electron chi connectivity index (χ1n) is 5.55. The summed E-state index contributed by atoms with van der Waals surface area (Å²) in [5.41, 5.74) is -0.0311. The van der Waals surface area contributed by atoms with E-state index in [-0.39, 0.29) is 11.3 Å². The van der Waals surface area contributed by atoms with Crippen molar-refractivity contribution >= 4 is 29.2 Å². The first-order chi connectivity index (χ1) is 9.49. The second-order valence-electron chi connectivity index (χ2n) is 3.87. The number of hydrogen-bond acceptors (Lipinski definition) is 3. The highest BCUT2D eigenvalue weighted by atomic mass is 35.5. The molecule has 2 rings (SSSR count). The number of halogens is 2. The maximum atomic E-state index is 11.2. The van der Waals surface area contributed by atoms with Crippen LogP contribution in [0.25, 0.3) is 0 Å². The molecule has 0 unspecified atom stereocenters. The Balaban J connectivity index is 2.39. The fourth-order valence-electron chi connectivity index (χ4n) is 1.60. The number of carboxylic acid groups (broad SMARTS) is 1. The number of rotatable bonds is 4. The number of methoxy groups -OCH3 is 1. The van der Waals surface area contributed by atoms with E-state index in [4.69, 9.17) is 37.8 Å². The lowest BCUT2D eigenvalue weighted by molar-refractivity contribution is 0.0694. The van der Waals surface area contributed by atoms with Crippen LogP contribution in [0, 0.1) is 0 Å². The number of hydrogen-bond donors (Lipinski definition) is 1. The van der Waals surface area contributed by atoms with Gasteiger partial charge >= 0.3 is 5.97 Å². The molecule has 0 bridgehead atoms. The summed E-state index contributed by atoms with van der Waals surface area (Å²) in [5.74, 6) is -0.0692. The summed E-state index contributed by atoms with van der Waals surface area (Å²) in [6.45, 7) is 0. The van der Waals surface area contributed by atoms with E-state index in [9.17, 15) is 4.79 Å². The minimum atomic E-state index is -1.13. The van der Waals surface area contributed by atoms with Crippen molar-refractivity contribution in [1.82, 2.24) is 0 Å². The molecule has 0 heterocycles. The normalized spacial score (nSPS) is 10.2. The van der Waals surface area contributed by atoms with Crippen LogP contribution in [0.4, 0.5) is 0 Å². The van der Waals surface area contributed by atoms with Crippen LogP contribution in [-0.4, -0.2) is 18.2 Å². The molecule has 0 fully saturated rings. The molecule has 2 aromatic carbocycles. The SMILES string of the molecule is COc1cc(Cl)cc(Oc2ccc(Cl)cc2C(=O)O)c1. The molecule has 0 radical (unpaired) electrons. The summed E-state index contributed by atoms with van der Waals surface area (Å²) >= 11 is 11.7. The van der Waals surface area contributed by atoms with Gasteiger partial charge in [0.15, 0.2) is 0 Å². The molecule has 0 aliphatic rings. The van der Waals surface area contributed by atoms with Crippen LogP contribution in [0.15, 0.2) is 36.4 Å². The topological polar surface area (TPSA) is 55.8 Å². The van der Waals surface area contributed by atoms with Crippen molar-refractivity contribution in [3.8, 4) is 17.2 Å². The lowest BCUT2D eigenvalue weighted by Crippen LogP contribution is -2.00. The number of carbonyl (C=O) groups is 1. The molecule has 0 aliphatic carbocycles. The van der Waals surface area contributed by atoms with Crippen molar-refractivity contribution in [3.05, 3.63) is 52.0 Å². The fraction of sp³-hybridized carbons (Fsp3) is 0.0714. The van der Waals surface area contributed by atoms with Gasteiger partial charge in [0, 0.05) is 16.1 Å². The zero-order chi connectivity index (χ0) is 14.7. The van der Waals surface area contributed by atoms with Gasteiger partial charge in [0.25, 0.3) is 0 Å². The van der Waals surface area contributed by atoms with E-state index < -0.39 is 5.97 Å². The summed E-state index contributed by atoms with van der Waals surface area (Å²) in [7, 11) is 1.50. The minimum absolute atomic E-state index is 0.0311. The number of carboxylic acids is 1. The maximum absolute atomic E-state index is 11.2. The van der Waals surface area contributed by atoms with Crippen LogP contribution in [0.5, 0.6) is 17.2 Å². The Morgan fingerprint density at radius 1 is 1.05 bits per heavy atom. The molecule has 1 N–H and O–H groups in total. The molecule has 20 heavy (non-hydrogen) atoms. The van der Waals surface area contributed by atoms with Gasteiger partial charge < -0.3 is 14.6 Å². The van der Waals surface area contributed by atoms with Crippen molar-refractivity contribution in [2.75, 3.05) is 7.11 Å². The molecule has 104 valence electrons. The Morgan fingerprint density at radius 3 is 2.40 bits per heavy atom. The molecule has 0 saturated carbocycles. The Kier molecular flexibility index (Phi) is 4.37. The van der Waals surface area contributed by atoms with Crippen LogP contribution in [-0.2, 0) is 0 Å². The number of aromatic carboxylic acids is 1. The summed E-state index contributed by atoms with van der Waals surface area (Å²) in [4.78, 5) is 11.2. The van der Waals surface area contributed by atoms with E-state index in [0.717, 1.165) is 0 Å². The Bertz CT molecular complexity index is 656. The van der Waals surface area contributed by atoms with E-state index in [2.05, 4.69) is 0 Å². The highest BCUT2D eigenvalue weighted by molar-refractivity contribution is 6.31. The largest absolute Gasteiger partial charge is 0.497 e. The molecule has 4 nitrogen and oxygen atoms in total. The van der Waals surface area contributed by atoms with E-state index in [1.165, 1.54) is 19.2 Å². The molecule has 0 aromatic heterocycles. The van der Waals surface area contributed by atoms with E-state index >= 15 is 0 Å². The average Bonchev–Trinajstić information content (AvgIpc) is 2.40. The van der Waals surface area contributed by atoms with Crippen LogP contribution in [0.1, 0.15) is 10.4 Å². The average molecular weight is 313 g/mol. The first kappa shape index (κ1) is 14.5. The highest BCUT2D eigenvalue weighted by Gasteiger charge is 2.13. The van der Waals surface area contributed by atoms with Crippen molar-refractivity contribution < 1.29 is 19.4 Å². The van der Waals surface area contributed by atoms with Gasteiger partial charge in [-0.3, -0.25) is 0 Å². The monoisotopic (exact) mass is 312 g/mol. The quantitative estimate of drug-likeness (QED) is 0.903.